The number of benzene rings is 2. The zero-order valence-corrected chi connectivity index (χ0v) is 17.9. The van der Waals surface area contributed by atoms with Gasteiger partial charge >= 0.3 is 0 Å². The summed E-state index contributed by atoms with van der Waals surface area (Å²) in [6.45, 7) is 7.70. The van der Waals surface area contributed by atoms with E-state index in [1.165, 1.54) is 0 Å². The molecule has 0 saturated heterocycles. The number of ether oxygens (including phenoxy) is 2. The lowest BCUT2D eigenvalue weighted by Crippen LogP contribution is -2.31. The number of nitrogens with one attached hydrogen (secondary N) is 3. The van der Waals surface area contributed by atoms with Crippen LogP contribution in [-0.4, -0.2) is 44.2 Å². The quantitative estimate of drug-likeness (QED) is 0.462. The summed E-state index contributed by atoms with van der Waals surface area (Å²) in [6.07, 6.45) is 0.870. The Bertz CT molecular complexity index is 808. The number of carbonyl (C=O) groups is 2. The van der Waals surface area contributed by atoms with E-state index < -0.39 is 0 Å². The van der Waals surface area contributed by atoms with Gasteiger partial charge in [0, 0.05) is 35.7 Å². The topological polar surface area (TPSA) is 88.7 Å². The lowest BCUT2D eigenvalue weighted by Gasteiger charge is -2.12. The Morgan fingerprint density at radius 3 is 2.47 bits per heavy atom. The highest BCUT2D eigenvalue weighted by Crippen LogP contribution is 2.17. The van der Waals surface area contributed by atoms with Gasteiger partial charge in [0.15, 0.2) is 0 Å². The van der Waals surface area contributed by atoms with E-state index in [1.807, 2.05) is 45.0 Å². The number of anilines is 2. The molecule has 7 nitrogen and oxygen atoms in total. The molecule has 2 aromatic carbocycles. The first-order valence-electron chi connectivity index (χ1n) is 10.3. The third-order valence-corrected chi connectivity index (χ3v) is 4.41. The molecule has 0 aliphatic carbocycles. The van der Waals surface area contributed by atoms with Crippen LogP contribution < -0.4 is 20.7 Å². The second-order valence-corrected chi connectivity index (χ2v) is 6.84. The van der Waals surface area contributed by atoms with Crippen LogP contribution >= 0.6 is 0 Å². The summed E-state index contributed by atoms with van der Waals surface area (Å²) < 4.78 is 10.9. The minimum atomic E-state index is -0.186. The normalized spacial score (nSPS) is 11.4. The smallest absolute Gasteiger partial charge is 0.251 e. The van der Waals surface area contributed by atoms with E-state index in [0.717, 1.165) is 12.1 Å². The number of amides is 2. The van der Waals surface area contributed by atoms with Crippen molar-refractivity contribution in [3.63, 3.8) is 0 Å². The first-order chi connectivity index (χ1) is 14.5. The van der Waals surface area contributed by atoms with Gasteiger partial charge in [-0.2, -0.15) is 0 Å². The van der Waals surface area contributed by atoms with Crippen LogP contribution in [0.5, 0.6) is 5.75 Å². The molecule has 30 heavy (non-hydrogen) atoms. The fourth-order valence-electron chi connectivity index (χ4n) is 2.56. The van der Waals surface area contributed by atoms with Crippen molar-refractivity contribution in [1.82, 2.24) is 5.32 Å². The second-order valence-electron chi connectivity index (χ2n) is 6.84. The predicted octanol–water partition coefficient (Wildman–Crippen LogP) is 3.68. The highest BCUT2D eigenvalue weighted by Gasteiger charge is 2.09. The highest BCUT2D eigenvalue weighted by atomic mass is 16.5. The molecule has 7 heteroatoms. The van der Waals surface area contributed by atoms with Gasteiger partial charge in [-0.25, -0.2) is 0 Å². The zero-order chi connectivity index (χ0) is 21.8. The molecule has 0 fully saturated rings. The fourth-order valence-corrected chi connectivity index (χ4v) is 2.56. The zero-order valence-electron chi connectivity index (χ0n) is 17.9. The first kappa shape index (κ1) is 23.2. The van der Waals surface area contributed by atoms with Crippen LogP contribution in [-0.2, 0) is 9.53 Å². The van der Waals surface area contributed by atoms with Crippen LogP contribution in [0.2, 0.25) is 0 Å². The van der Waals surface area contributed by atoms with Crippen molar-refractivity contribution in [3.05, 3.63) is 54.1 Å². The monoisotopic (exact) mass is 413 g/mol. The van der Waals surface area contributed by atoms with Crippen molar-refractivity contribution < 1.29 is 19.1 Å². The van der Waals surface area contributed by atoms with Crippen LogP contribution in [0.25, 0.3) is 0 Å². The molecule has 0 bridgehead atoms. The standard InChI is InChI=1S/C23H31N3O4/c1-4-17(3)25-23(28)18-9-11-19(12-10-18)26-22(27)16-24-20-7-6-8-21(15-20)30-14-13-29-5-2/h6-12,15,17,24H,4-5,13-14,16H2,1-3H3,(H,25,28)(H,26,27). The summed E-state index contributed by atoms with van der Waals surface area (Å²) in [5.41, 5.74) is 1.98. The third-order valence-electron chi connectivity index (χ3n) is 4.41. The van der Waals surface area contributed by atoms with Crippen molar-refractivity contribution in [1.29, 1.82) is 0 Å². The van der Waals surface area contributed by atoms with Gasteiger partial charge in [0.2, 0.25) is 5.91 Å². The fraction of sp³-hybridized carbons (Fsp3) is 0.391. The van der Waals surface area contributed by atoms with Crippen molar-refractivity contribution in [2.24, 2.45) is 0 Å². The summed E-state index contributed by atoms with van der Waals surface area (Å²) >= 11 is 0. The van der Waals surface area contributed by atoms with Gasteiger partial charge in [-0.05, 0) is 56.7 Å². The van der Waals surface area contributed by atoms with Crippen LogP contribution in [0, 0.1) is 0 Å². The van der Waals surface area contributed by atoms with Gasteiger partial charge in [0.05, 0.1) is 13.2 Å². The molecule has 0 saturated carbocycles. The summed E-state index contributed by atoms with van der Waals surface area (Å²) in [4.78, 5) is 24.3. The molecule has 0 aliphatic heterocycles. The summed E-state index contributed by atoms with van der Waals surface area (Å²) in [7, 11) is 0. The highest BCUT2D eigenvalue weighted by molar-refractivity contribution is 5.96. The Balaban J connectivity index is 1.80. The van der Waals surface area contributed by atoms with E-state index >= 15 is 0 Å². The van der Waals surface area contributed by atoms with E-state index in [9.17, 15) is 9.59 Å². The molecule has 1 unspecified atom stereocenters. The molecule has 2 rings (SSSR count). The molecule has 0 heterocycles. The molecule has 0 spiro atoms. The Hall–Kier alpha value is -3.06. The first-order valence-corrected chi connectivity index (χ1v) is 10.3. The maximum Gasteiger partial charge on any atom is 0.251 e. The lowest BCUT2D eigenvalue weighted by atomic mass is 10.1. The van der Waals surface area contributed by atoms with Crippen LogP contribution in [0.4, 0.5) is 11.4 Å². The average Bonchev–Trinajstić information content (AvgIpc) is 2.76. The number of carbonyl (C=O) groups excluding carboxylic acids is 2. The van der Waals surface area contributed by atoms with Crippen LogP contribution in [0.3, 0.4) is 0 Å². The molecule has 2 amide bonds. The van der Waals surface area contributed by atoms with Crippen LogP contribution in [0.15, 0.2) is 48.5 Å². The molecule has 162 valence electrons. The lowest BCUT2D eigenvalue weighted by molar-refractivity contribution is -0.114. The number of hydrogen-bond donors (Lipinski definition) is 3. The third kappa shape index (κ3) is 8.13. The molecule has 3 N–H and O–H groups in total. The maximum absolute atomic E-state index is 12.2. The van der Waals surface area contributed by atoms with Crippen molar-refractivity contribution in [3.8, 4) is 5.75 Å². The Morgan fingerprint density at radius 2 is 1.77 bits per heavy atom. The van der Waals surface area contributed by atoms with Crippen molar-refractivity contribution >= 4 is 23.2 Å². The molecule has 0 aromatic heterocycles. The van der Waals surface area contributed by atoms with Gasteiger partial charge in [0.1, 0.15) is 12.4 Å². The van der Waals surface area contributed by atoms with Gasteiger partial charge < -0.3 is 25.4 Å². The SMILES string of the molecule is CCOCCOc1cccc(NCC(=O)Nc2ccc(C(=O)NC(C)CC)cc2)c1. The van der Waals surface area contributed by atoms with Gasteiger partial charge in [0.25, 0.3) is 5.91 Å². The molecule has 0 aliphatic rings. The summed E-state index contributed by atoms with van der Waals surface area (Å²) in [5, 5.41) is 8.80. The Morgan fingerprint density at radius 1 is 1.00 bits per heavy atom. The van der Waals surface area contributed by atoms with Gasteiger partial charge in [-0.15, -0.1) is 0 Å². The van der Waals surface area contributed by atoms with Crippen molar-refractivity contribution in [2.45, 2.75) is 33.2 Å². The predicted molar refractivity (Wildman–Crippen MR) is 119 cm³/mol. The minimum absolute atomic E-state index is 0.110. The Labute approximate surface area is 178 Å². The molecule has 2 aromatic rings. The largest absolute Gasteiger partial charge is 0.491 e. The second kappa shape index (κ2) is 12.5. The molecule has 1 atom stereocenters. The van der Waals surface area contributed by atoms with Gasteiger partial charge in [-0.1, -0.05) is 13.0 Å². The molecular formula is C23H31N3O4. The van der Waals surface area contributed by atoms with Gasteiger partial charge in [-0.3, -0.25) is 9.59 Å². The van der Waals surface area contributed by atoms with E-state index in [0.29, 0.717) is 36.8 Å². The van der Waals surface area contributed by atoms with E-state index in [-0.39, 0.29) is 24.4 Å². The molecular weight excluding hydrogens is 382 g/mol. The summed E-state index contributed by atoms with van der Waals surface area (Å²) in [5.74, 6) is 0.410. The van der Waals surface area contributed by atoms with E-state index in [2.05, 4.69) is 16.0 Å². The summed E-state index contributed by atoms with van der Waals surface area (Å²) in [6, 6.07) is 14.4. The van der Waals surface area contributed by atoms with Crippen molar-refractivity contribution in [2.75, 3.05) is 37.0 Å². The number of hydrogen-bond acceptors (Lipinski definition) is 5. The maximum atomic E-state index is 12.2. The number of rotatable bonds is 12. The minimum Gasteiger partial charge on any atom is -0.491 e. The van der Waals surface area contributed by atoms with E-state index in [4.69, 9.17) is 9.47 Å². The molecule has 0 radical (unpaired) electrons. The average molecular weight is 414 g/mol. The Kier molecular flexibility index (Phi) is 9.67. The van der Waals surface area contributed by atoms with E-state index in [1.54, 1.807) is 24.3 Å². The van der Waals surface area contributed by atoms with Crippen LogP contribution in [0.1, 0.15) is 37.6 Å².